The van der Waals surface area contributed by atoms with Crippen molar-refractivity contribution in [3.05, 3.63) is 75.8 Å². The van der Waals surface area contributed by atoms with Gasteiger partial charge in [-0.1, -0.05) is 83.5 Å². The van der Waals surface area contributed by atoms with Crippen LogP contribution >= 0.6 is 35.0 Å². The van der Waals surface area contributed by atoms with E-state index < -0.39 is 12.0 Å². The third-order valence-corrected chi connectivity index (χ3v) is 5.84. The van der Waals surface area contributed by atoms with Gasteiger partial charge in [0, 0.05) is 12.3 Å². The topological polar surface area (TPSA) is 53.8 Å². The molecule has 0 aliphatic carbocycles. The van der Waals surface area contributed by atoms with Crippen LogP contribution in [0.4, 0.5) is 0 Å². The quantitative estimate of drug-likeness (QED) is 0.643. The van der Waals surface area contributed by atoms with Crippen molar-refractivity contribution < 1.29 is 4.79 Å². The first-order chi connectivity index (χ1) is 14.0. The van der Waals surface area contributed by atoms with Gasteiger partial charge in [-0.25, -0.2) is 4.99 Å². The normalized spacial score (nSPS) is 19.0. The number of aliphatic imine (C=N–C) groups is 2. The predicted molar refractivity (Wildman–Crippen MR) is 125 cm³/mol. The number of thioether (sulfide) groups is 1. The van der Waals surface area contributed by atoms with Gasteiger partial charge in [0.15, 0.2) is 5.17 Å². The monoisotopic (exact) mass is 445 g/mol. The van der Waals surface area contributed by atoms with E-state index in [2.05, 4.69) is 15.3 Å². The first-order valence-corrected chi connectivity index (χ1v) is 11.1. The summed E-state index contributed by atoms with van der Waals surface area (Å²) in [5.74, 6) is -0.628. The van der Waals surface area contributed by atoms with Gasteiger partial charge >= 0.3 is 0 Å². The van der Waals surface area contributed by atoms with Crippen molar-refractivity contribution in [2.75, 3.05) is 12.8 Å². The van der Waals surface area contributed by atoms with Crippen LogP contribution in [-0.4, -0.2) is 29.6 Å². The first kappa shape index (κ1) is 21.6. The molecule has 1 aliphatic heterocycles. The molecule has 0 aromatic heterocycles. The first-order valence-electron chi connectivity index (χ1n) is 9.11. The van der Waals surface area contributed by atoms with E-state index in [1.807, 2.05) is 61.7 Å². The Bertz CT molecular complexity index is 973. The summed E-state index contributed by atoms with van der Waals surface area (Å²) in [6.45, 7) is 2.28. The molecule has 0 bridgehead atoms. The Morgan fingerprint density at radius 2 is 1.93 bits per heavy atom. The van der Waals surface area contributed by atoms with Gasteiger partial charge in [0.25, 0.3) is 0 Å². The van der Waals surface area contributed by atoms with E-state index in [9.17, 15) is 4.79 Å². The number of carbonyl (C=O) groups excluding carboxylic acids is 1. The molecule has 1 heterocycles. The second-order valence-corrected chi connectivity index (χ2v) is 8.11. The lowest BCUT2D eigenvalue weighted by Crippen LogP contribution is -2.39. The van der Waals surface area contributed by atoms with Gasteiger partial charge in [-0.3, -0.25) is 9.79 Å². The zero-order valence-corrected chi connectivity index (χ0v) is 18.4. The van der Waals surface area contributed by atoms with Gasteiger partial charge in [-0.05, 0) is 36.4 Å². The lowest BCUT2D eigenvalue weighted by atomic mass is 9.88. The maximum atomic E-state index is 13.0. The van der Waals surface area contributed by atoms with E-state index in [1.165, 1.54) is 11.8 Å². The summed E-state index contributed by atoms with van der Waals surface area (Å²) in [6.07, 6.45) is 5.81. The molecule has 7 heteroatoms. The molecule has 1 aliphatic rings. The molecule has 150 valence electrons. The van der Waals surface area contributed by atoms with Gasteiger partial charge in [-0.15, -0.1) is 0 Å². The van der Waals surface area contributed by atoms with Gasteiger partial charge in [-0.2, -0.15) is 0 Å². The number of halogens is 2. The molecule has 0 spiro atoms. The molecule has 0 fully saturated rings. The zero-order chi connectivity index (χ0) is 20.8. The summed E-state index contributed by atoms with van der Waals surface area (Å²) < 4.78 is 0. The van der Waals surface area contributed by atoms with E-state index in [4.69, 9.17) is 23.2 Å². The number of nitrogens with one attached hydrogen (secondary N) is 1. The highest BCUT2D eigenvalue weighted by Crippen LogP contribution is 2.35. The highest BCUT2D eigenvalue weighted by molar-refractivity contribution is 8.13. The number of hydrogen-bond acceptors (Lipinski definition) is 4. The summed E-state index contributed by atoms with van der Waals surface area (Å²) >= 11 is 13.7. The Kier molecular flexibility index (Phi) is 7.53. The average Bonchev–Trinajstić information content (AvgIpc) is 2.73. The summed E-state index contributed by atoms with van der Waals surface area (Å²) in [5, 5.41) is 4.53. The third kappa shape index (κ3) is 5.50. The van der Waals surface area contributed by atoms with Crippen molar-refractivity contribution in [1.29, 1.82) is 0 Å². The average molecular weight is 446 g/mol. The van der Waals surface area contributed by atoms with Crippen LogP contribution in [0.2, 0.25) is 10.0 Å². The number of hydrogen-bond donors (Lipinski definition) is 1. The van der Waals surface area contributed by atoms with Crippen LogP contribution in [0.5, 0.6) is 0 Å². The second-order valence-electron chi connectivity index (χ2n) is 6.52. The van der Waals surface area contributed by atoms with Gasteiger partial charge < -0.3 is 5.32 Å². The summed E-state index contributed by atoms with van der Waals surface area (Å²) in [5.41, 5.74) is 2.64. The molecule has 4 nitrogen and oxygen atoms in total. The van der Waals surface area contributed by atoms with E-state index in [0.29, 0.717) is 21.8 Å². The molecule has 1 N–H and O–H groups in total. The van der Waals surface area contributed by atoms with Crippen LogP contribution < -0.4 is 5.32 Å². The Balaban J connectivity index is 1.77. The maximum absolute atomic E-state index is 13.0. The van der Waals surface area contributed by atoms with Gasteiger partial charge in [0.2, 0.25) is 5.91 Å². The fourth-order valence-electron chi connectivity index (χ4n) is 3.09. The summed E-state index contributed by atoms with van der Waals surface area (Å²) in [4.78, 5) is 22.2. The van der Waals surface area contributed by atoms with Crippen molar-refractivity contribution in [3.63, 3.8) is 0 Å². The van der Waals surface area contributed by atoms with Gasteiger partial charge in [0.1, 0.15) is 5.92 Å². The molecule has 0 saturated heterocycles. The highest BCUT2D eigenvalue weighted by atomic mass is 35.5. The van der Waals surface area contributed by atoms with Crippen molar-refractivity contribution in [2.24, 2.45) is 15.9 Å². The Morgan fingerprint density at radius 1 is 1.17 bits per heavy atom. The summed E-state index contributed by atoms with van der Waals surface area (Å²) in [7, 11) is 0. The standard InChI is InChI=1S/C22H21Cl2N3OS/c1-14-19(21(28)25-12-6-9-15-7-4-3-5-8-15)20(27-22(26-14)29-2)16-10-11-17(23)18(24)13-16/h3-11,13,19-20H,12H2,1-2H3,(H,25,28). The van der Waals surface area contributed by atoms with Crippen molar-refractivity contribution in [1.82, 2.24) is 5.32 Å². The minimum absolute atomic E-state index is 0.121. The number of amides is 1. The molecule has 2 aromatic carbocycles. The smallest absolute Gasteiger partial charge is 0.231 e. The molecular formula is C22H21Cl2N3OS. The van der Waals surface area contributed by atoms with Crippen molar-refractivity contribution in [2.45, 2.75) is 13.0 Å². The molecule has 3 rings (SSSR count). The maximum Gasteiger partial charge on any atom is 0.231 e. The Hall–Kier alpha value is -2.08. The molecule has 29 heavy (non-hydrogen) atoms. The number of rotatable bonds is 5. The minimum Gasteiger partial charge on any atom is -0.352 e. The summed E-state index contributed by atoms with van der Waals surface area (Å²) in [6, 6.07) is 14.9. The molecule has 2 unspecified atom stereocenters. The second kappa shape index (κ2) is 10.1. The molecule has 0 radical (unpaired) electrons. The molecule has 2 aromatic rings. The van der Waals surface area contributed by atoms with Gasteiger partial charge in [0.05, 0.1) is 16.1 Å². The van der Waals surface area contributed by atoms with Crippen molar-refractivity contribution >= 4 is 57.8 Å². The molecule has 2 atom stereocenters. The van der Waals surface area contributed by atoms with E-state index in [-0.39, 0.29) is 5.91 Å². The molecule has 0 saturated carbocycles. The highest BCUT2D eigenvalue weighted by Gasteiger charge is 2.35. The largest absolute Gasteiger partial charge is 0.352 e. The fourth-order valence-corrected chi connectivity index (χ4v) is 3.86. The number of nitrogens with zero attached hydrogens (tertiary/aromatic N) is 2. The Labute approximate surface area is 185 Å². The van der Waals surface area contributed by atoms with Crippen LogP contribution in [0.15, 0.2) is 64.6 Å². The van der Waals surface area contributed by atoms with E-state index in [0.717, 1.165) is 16.8 Å². The van der Waals surface area contributed by atoms with Crippen LogP contribution in [0.1, 0.15) is 24.1 Å². The number of carbonyl (C=O) groups is 1. The zero-order valence-electron chi connectivity index (χ0n) is 16.1. The fraction of sp³-hybridized carbons (Fsp3) is 0.227. The lowest BCUT2D eigenvalue weighted by molar-refractivity contribution is -0.123. The van der Waals surface area contributed by atoms with E-state index >= 15 is 0 Å². The SMILES string of the molecule is CSC1=NC(c2ccc(Cl)c(Cl)c2)C(C(=O)NCC=Cc2ccccc2)C(C)=N1. The minimum atomic E-state index is -0.506. The Morgan fingerprint density at radius 3 is 2.62 bits per heavy atom. The predicted octanol–water partition coefficient (Wildman–Crippen LogP) is 5.67. The van der Waals surface area contributed by atoms with Crippen LogP contribution in [-0.2, 0) is 4.79 Å². The molecular weight excluding hydrogens is 425 g/mol. The third-order valence-electron chi connectivity index (χ3n) is 4.54. The van der Waals surface area contributed by atoms with E-state index in [1.54, 1.807) is 12.1 Å². The van der Waals surface area contributed by atoms with Crippen LogP contribution in [0.3, 0.4) is 0 Å². The number of benzene rings is 2. The molecule has 1 amide bonds. The van der Waals surface area contributed by atoms with Crippen LogP contribution in [0, 0.1) is 5.92 Å². The lowest BCUT2D eigenvalue weighted by Gasteiger charge is -2.27. The van der Waals surface area contributed by atoms with Crippen LogP contribution in [0.25, 0.3) is 6.08 Å². The van der Waals surface area contributed by atoms with Crippen molar-refractivity contribution in [3.8, 4) is 0 Å². The number of amidine groups is 1.